The summed E-state index contributed by atoms with van der Waals surface area (Å²) in [6.07, 6.45) is 6.12. The van der Waals surface area contributed by atoms with Crippen LogP contribution in [0.15, 0.2) is 4.79 Å². The predicted molar refractivity (Wildman–Crippen MR) is 79.1 cm³/mol. The first-order valence-electron chi connectivity index (χ1n) is 6.98. The van der Waals surface area contributed by atoms with E-state index in [1.54, 1.807) is 6.92 Å². The number of hydrogen-bond donors (Lipinski definition) is 2. The zero-order valence-corrected chi connectivity index (χ0v) is 12.5. The van der Waals surface area contributed by atoms with Gasteiger partial charge in [-0.2, -0.15) is 11.8 Å². The quantitative estimate of drug-likeness (QED) is 0.871. The van der Waals surface area contributed by atoms with Crippen LogP contribution in [0, 0.1) is 6.92 Å². The molecule has 0 aromatic carbocycles. The number of nitrogens with zero attached hydrogens (tertiary/aromatic N) is 1. The van der Waals surface area contributed by atoms with Gasteiger partial charge in [-0.15, -0.1) is 0 Å². The van der Waals surface area contributed by atoms with Gasteiger partial charge in [0, 0.05) is 16.5 Å². The van der Waals surface area contributed by atoms with E-state index in [2.05, 4.69) is 9.97 Å². The smallest absolute Gasteiger partial charge is 0.308 e. The summed E-state index contributed by atoms with van der Waals surface area (Å²) in [5.74, 6) is 0.329. The molecular formula is C14H20N2O3S. The molecule has 0 radical (unpaired) electrons. The summed E-state index contributed by atoms with van der Waals surface area (Å²) < 4.78 is 0. The maximum atomic E-state index is 11.9. The highest BCUT2D eigenvalue weighted by Gasteiger charge is 2.16. The molecule has 1 aromatic rings. The van der Waals surface area contributed by atoms with E-state index < -0.39 is 5.97 Å². The first-order chi connectivity index (χ1) is 9.56. The van der Waals surface area contributed by atoms with Crippen LogP contribution in [0.3, 0.4) is 0 Å². The van der Waals surface area contributed by atoms with Gasteiger partial charge in [-0.3, -0.25) is 9.59 Å². The van der Waals surface area contributed by atoms with E-state index in [9.17, 15) is 9.59 Å². The number of aryl methyl sites for hydroxylation is 1. The van der Waals surface area contributed by atoms with Gasteiger partial charge >= 0.3 is 5.97 Å². The molecule has 20 heavy (non-hydrogen) atoms. The van der Waals surface area contributed by atoms with Gasteiger partial charge in [-0.05, 0) is 19.8 Å². The molecule has 0 atom stereocenters. The Morgan fingerprint density at radius 2 is 2.10 bits per heavy atom. The topological polar surface area (TPSA) is 83.0 Å². The van der Waals surface area contributed by atoms with Gasteiger partial charge in [0.25, 0.3) is 5.56 Å². The first kappa shape index (κ1) is 15.1. The highest BCUT2D eigenvalue weighted by atomic mass is 32.2. The van der Waals surface area contributed by atoms with E-state index in [0.717, 1.165) is 0 Å². The molecule has 0 amide bonds. The van der Waals surface area contributed by atoms with Crippen molar-refractivity contribution in [2.45, 2.75) is 56.5 Å². The molecule has 1 fully saturated rings. The van der Waals surface area contributed by atoms with Crippen LogP contribution in [0.1, 0.15) is 49.2 Å². The maximum Gasteiger partial charge on any atom is 0.308 e. The van der Waals surface area contributed by atoms with Crippen molar-refractivity contribution in [2.24, 2.45) is 0 Å². The Balaban J connectivity index is 2.02. The maximum absolute atomic E-state index is 11.9. The number of aromatic amines is 1. The molecule has 0 spiro atoms. The lowest BCUT2D eigenvalue weighted by Gasteiger charge is -2.20. The molecule has 1 heterocycles. The summed E-state index contributed by atoms with van der Waals surface area (Å²) in [6, 6.07) is 0. The molecule has 0 bridgehead atoms. The molecule has 5 nitrogen and oxygen atoms in total. The van der Waals surface area contributed by atoms with Crippen LogP contribution >= 0.6 is 11.8 Å². The summed E-state index contributed by atoms with van der Waals surface area (Å²) in [5.41, 5.74) is 0.457. The minimum absolute atomic E-state index is 0.254. The second kappa shape index (κ2) is 6.92. The average molecular weight is 296 g/mol. The highest BCUT2D eigenvalue weighted by molar-refractivity contribution is 7.99. The van der Waals surface area contributed by atoms with Crippen LogP contribution in [0.5, 0.6) is 0 Å². The van der Waals surface area contributed by atoms with Gasteiger partial charge in [0.2, 0.25) is 0 Å². The summed E-state index contributed by atoms with van der Waals surface area (Å²) in [7, 11) is 0. The number of rotatable bonds is 5. The van der Waals surface area contributed by atoms with Crippen molar-refractivity contribution in [3.63, 3.8) is 0 Å². The number of H-pyrrole nitrogens is 1. The Labute approximate surface area is 122 Å². The molecular weight excluding hydrogens is 276 g/mol. The molecule has 2 rings (SSSR count). The second-order valence-corrected chi connectivity index (χ2v) is 6.51. The van der Waals surface area contributed by atoms with E-state index in [0.29, 0.717) is 22.5 Å². The SMILES string of the molecule is Cc1nc(CSC2CCCCC2)[nH]c(=O)c1CC(=O)O. The highest BCUT2D eigenvalue weighted by Crippen LogP contribution is 2.29. The number of aromatic nitrogens is 2. The monoisotopic (exact) mass is 296 g/mol. The standard InChI is InChI=1S/C14H20N2O3S/c1-9-11(7-13(17)18)14(19)16-12(15-9)8-20-10-5-3-2-4-6-10/h10H,2-8H2,1H3,(H,17,18)(H,15,16,19). The second-order valence-electron chi connectivity index (χ2n) is 5.22. The first-order valence-corrected chi connectivity index (χ1v) is 8.03. The molecule has 1 aliphatic rings. The molecule has 1 aliphatic carbocycles. The van der Waals surface area contributed by atoms with Crippen molar-refractivity contribution in [3.05, 3.63) is 27.4 Å². The van der Waals surface area contributed by atoms with E-state index in [-0.39, 0.29) is 17.5 Å². The molecule has 0 unspecified atom stereocenters. The van der Waals surface area contributed by atoms with Crippen molar-refractivity contribution in [1.29, 1.82) is 0 Å². The van der Waals surface area contributed by atoms with Crippen molar-refractivity contribution in [2.75, 3.05) is 0 Å². The van der Waals surface area contributed by atoms with Crippen molar-refractivity contribution < 1.29 is 9.90 Å². The summed E-state index contributed by atoms with van der Waals surface area (Å²) >= 11 is 1.84. The lowest BCUT2D eigenvalue weighted by molar-refractivity contribution is -0.136. The van der Waals surface area contributed by atoms with Gasteiger partial charge in [0.15, 0.2) is 0 Å². The van der Waals surface area contributed by atoms with E-state index in [1.807, 2.05) is 11.8 Å². The molecule has 110 valence electrons. The number of thioether (sulfide) groups is 1. The lowest BCUT2D eigenvalue weighted by Crippen LogP contribution is -2.21. The molecule has 2 N–H and O–H groups in total. The van der Waals surface area contributed by atoms with Gasteiger partial charge in [0.05, 0.1) is 12.2 Å². The van der Waals surface area contributed by atoms with Crippen LogP contribution in [0.2, 0.25) is 0 Å². The molecule has 0 aliphatic heterocycles. The van der Waals surface area contributed by atoms with Crippen LogP contribution in [-0.4, -0.2) is 26.3 Å². The van der Waals surface area contributed by atoms with Gasteiger partial charge < -0.3 is 10.1 Å². The third-order valence-electron chi connectivity index (χ3n) is 3.61. The molecule has 1 aromatic heterocycles. The summed E-state index contributed by atoms with van der Waals surface area (Å²) in [5, 5.41) is 9.43. The Hall–Kier alpha value is -1.30. The Morgan fingerprint density at radius 1 is 1.40 bits per heavy atom. The average Bonchev–Trinajstić information content (AvgIpc) is 2.41. The largest absolute Gasteiger partial charge is 0.481 e. The van der Waals surface area contributed by atoms with E-state index >= 15 is 0 Å². The fourth-order valence-electron chi connectivity index (χ4n) is 2.53. The Morgan fingerprint density at radius 3 is 2.70 bits per heavy atom. The van der Waals surface area contributed by atoms with Gasteiger partial charge in [-0.1, -0.05) is 19.3 Å². The molecule has 1 saturated carbocycles. The summed E-state index contributed by atoms with van der Waals surface area (Å²) in [6.45, 7) is 1.70. The third kappa shape index (κ3) is 4.10. The van der Waals surface area contributed by atoms with E-state index in [1.165, 1.54) is 32.1 Å². The predicted octanol–water partition coefficient (Wildman–Crippen LogP) is 2.27. The third-order valence-corrected chi connectivity index (χ3v) is 4.99. The van der Waals surface area contributed by atoms with Crippen molar-refractivity contribution in [1.82, 2.24) is 9.97 Å². The van der Waals surface area contributed by atoms with Crippen molar-refractivity contribution in [3.8, 4) is 0 Å². The number of aliphatic carboxylic acids is 1. The number of carboxylic acids is 1. The number of carboxylic acid groups (broad SMARTS) is 1. The lowest BCUT2D eigenvalue weighted by atomic mass is 10.0. The zero-order valence-electron chi connectivity index (χ0n) is 11.6. The fourth-order valence-corrected chi connectivity index (χ4v) is 3.72. The molecule has 6 heteroatoms. The van der Waals surface area contributed by atoms with Crippen molar-refractivity contribution >= 4 is 17.7 Å². The van der Waals surface area contributed by atoms with Crippen LogP contribution in [-0.2, 0) is 17.0 Å². The zero-order chi connectivity index (χ0) is 14.5. The van der Waals surface area contributed by atoms with Crippen LogP contribution in [0.4, 0.5) is 0 Å². The minimum Gasteiger partial charge on any atom is -0.481 e. The normalized spacial score (nSPS) is 16.2. The van der Waals surface area contributed by atoms with Gasteiger partial charge in [0.1, 0.15) is 5.82 Å². The van der Waals surface area contributed by atoms with Crippen LogP contribution < -0.4 is 5.56 Å². The molecule has 0 saturated heterocycles. The number of hydrogen-bond acceptors (Lipinski definition) is 4. The Bertz CT molecular complexity index is 536. The summed E-state index contributed by atoms with van der Waals surface area (Å²) in [4.78, 5) is 29.6. The van der Waals surface area contributed by atoms with Gasteiger partial charge in [-0.25, -0.2) is 4.98 Å². The fraction of sp³-hybridized carbons (Fsp3) is 0.643. The van der Waals surface area contributed by atoms with Crippen LogP contribution in [0.25, 0.3) is 0 Å². The number of carbonyl (C=O) groups is 1. The Kier molecular flexibility index (Phi) is 5.23. The number of nitrogens with one attached hydrogen (secondary N) is 1. The minimum atomic E-state index is -1.01. The van der Waals surface area contributed by atoms with E-state index in [4.69, 9.17) is 5.11 Å².